The molecule has 0 bridgehead atoms. The number of ketones is 1. The van der Waals surface area contributed by atoms with E-state index in [0.717, 1.165) is 5.56 Å². The van der Waals surface area contributed by atoms with E-state index in [9.17, 15) is 22.8 Å². The Morgan fingerprint density at radius 1 is 1.31 bits per heavy atom. The molecule has 7 nitrogen and oxygen atoms in total. The number of carbonyl (C=O) groups excluding carboxylic acids is 2. The number of halogens is 3. The number of anilines is 1. The lowest BCUT2D eigenvalue weighted by atomic mass is 9.89. The zero-order chi connectivity index (χ0) is 25.2. The fourth-order valence-electron chi connectivity index (χ4n) is 4.12. The van der Waals surface area contributed by atoms with Gasteiger partial charge in [-0.3, -0.25) is 14.7 Å². The highest BCUT2D eigenvalue weighted by atomic mass is 32.1. The number of aromatic nitrogens is 2. The quantitative estimate of drug-likeness (QED) is 0.463. The second-order valence-electron chi connectivity index (χ2n) is 8.57. The van der Waals surface area contributed by atoms with Crippen LogP contribution in [-0.4, -0.2) is 52.7 Å². The molecule has 2 amide bonds. The largest absolute Gasteiger partial charge is 0.573 e. The lowest BCUT2D eigenvalue weighted by Crippen LogP contribution is -2.36. The van der Waals surface area contributed by atoms with E-state index in [1.54, 1.807) is 42.1 Å². The second-order valence-corrected chi connectivity index (χ2v) is 9.55. The summed E-state index contributed by atoms with van der Waals surface area (Å²) in [5.41, 5.74) is 1.57. The molecule has 11 heteroatoms. The third-order valence-electron chi connectivity index (χ3n) is 6.00. The maximum atomic E-state index is 13.1. The molecule has 2 aliphatic rings. The van der Waals surface area contributed by atoms with Gasteiger partial charge in [-0.05, 0) is 43.0 Å². The van der Waals surface area contributed by atoms with Gasteiger partial charge >= 0.3 is 12.4 Å². The molecule has 2 atom stereocenters. The van der Waals surface area contributed by atoms with Gasteiger partial charge in [0.1, 0.15) is 5.76 Å². The Labute approximate surface area is 204 Å². The Hall–Kier alpha value is -3.21. The van der Waals surface area contributed by atoms with Crippen LogP contribution in [0.2, 0.25) is 0 Å². The van der Waals surface area contributed by atoms with Crippen molar-refractivity contribution in [2.24, 2.45) is 11.8 Å². The van der Waals surface area contributed by atoms with Crippen molar-refractivity contribution in [1.82, 2.24) is 14.9 Å². The minimum atomic E-state index is -4.74. The van der Waals surface area contributed by atoms with Crippen molar-refractivity contribution in [3.63, 3.8) is 0 Å². The number of aryl methyl sites for hydroxylation is 2. The number of allylic oxidation sites excluding steroid dienone is 2. The van der Waals surface area contributed by atoms with E-state index in [0.29, 0.717) is 48.2 Å². The minimum absolute atomic E-state index is 0.0246. The molecule has 1 aliphatic heterocycles. The molecule has 2 aromatic rings. The van der Waals surface area contributed by atoms with Gasteiger partial charge in [-0.25, -0.2) is 9.78 Å². The summed E-state index contributed by atoms with van der Waals surface area (Å²) < 4.78 is 41.4. The third kappa shape index (κ3) is 6.08. The van der Waals surface area contributed by atoms with Crippen molar-refractivity contribution in [2.45, 2.75) is 33.1 Å². The Balaban J connectivity index is 1.36. The fourth-order valence-corrected chi connectivity index (χ4v) is 5.17. The van der Waals surface area contributed by atoms with Crippen molar-refractivity contribution < 1.29 is 27.5 Å². The van der Waals surface area contributed by atoms with Gasteiger partial charge in [-0.2, -0.15) is 0 Å². The molecule has 186 valence electrons. The Bertz CT molecular complexity index is 1150. The summed E-state index contributed by atoms with van der Waals surface area (Å²) in [5.74, 6) is -0.634. The maximum absolute atomic E-state index is 13.1. The van der Waals surface area contributed by atoms with E-state index in [1.807, 2.05) is 12.1 Å². The van der Waals surface area contributed by atoms with Gasteiger partial charge in [0.15, 0.2) is 10.9 Å². The number of urea groups is 1. The predicted octanol–water partition coefficient (Wildman–Crippen LogP) is 5.15. The van der Waals surface area contributed by atoms with Crippen LogP contribution in [0, 0.1) is 18.8 Å². The molecule has 2 aromatic heterocycles. The average Bonchev–Trinajstić information content (AvgIpc) is 3.36. The summed E-state index contributed by atoms with van der Waals surface area (Å²) in [5, 5.41) is 0.479. The van der Waals surface area contributed by atoms with Gasteiger partial charge in [0.2, 0.25) is 0 Å². The number of amides is 2. The van der Waals surface area contributed by atoms with Crippen LogP contribution in [0.15, 0.2) is 48.5 Å². The van der Waals surface area contributed by atoms with Crippen LogP contribution >= 0.6 is 11.3 Å². The number of ether oxygens (including phenoxy) is 1. The topological polar surface area (TPSA) is 75.6 Å². The van der Waals surface area contributed by atoms with Crippen LogP contribution in [0.25, 0.3) is 0 Å². The van der Waals surface area contributed by atoms with Crippen molar-refractivity contribution >= 4 is 28.3 Å². The summed E-state index contributed by atoms with van der Waals surface area (Å²) in [7, 11) is 0. The number of carbonyl (C=O) groups is 2. The van der Waals surface area contributed by atoms with Crippen LogP contribution in [0.5, 0.6) is 0 Å². The number of rotatable bonds is 8. The molecule has 3 heterocycles. The van der Waals surface area contributed by atoms with Crippen LogP contribution < -0.4 is 4.90 Å². The second kappa shape index (κ2) is 10.2. The van der Waals surface area contributed by atoms with E-state index >= 15 is 0 Å². The number of alkyl halides is 3. The number of thiazole rings is 1. The number of hydrogen-bond donors (Lipinski definition) is 0. The van der Waals surface area contributed by atoms with Crippen LogP contribution in [0.1, 0.15) is 34.3 Å². The van der Waals surface area contributed by atoms with Crippen LogP contribution in [0.3, 0.4) is 0 Å². The Morgan fingerprint density at radius 2 is 2.11 bits per heavy atom. The third-order valence-corrected chi connectivity index (χ3v) is 7.22. The first-order valence-corrected chi connectivity index (χ1v) is 12.0. The molecule has 0 spiro atoms. The zero-order valence-corrected chi connectivity index (χ0v) is 20.1. The molecule has 0 aromatic carbocycles. The van der Waals surface area contributed by atoms with E-state index in [1.165, 1.54) is 23.5 Å². The minimum Gasteiger partial charge on any atom is -0.406 e. The maximum Gasteiger partial charge on any atom is 0.573 e. The number of nitrogens with zero attached hydrogens (tertiary/aromatic N) is 4. The average molecular weight is 507 g/mol. The van der Waals surface area contributed by atoms with Crippen molar-refractivity contribution in [3.05, 3.63) is 64.6 Å². The van der Waals surface area contributed by atoms with Crippen molar-refractivity contribution in [3.8, 4) is 0 Å². The molecular weight excluding hydrogens is 481 g/mol. The molecule has 1 saturated heterocycles. The van der Waals surface area contributed by atoms with Crippen LogP contribution in [-0.2, 0) is 11.2 Å². The lowest BCUT2D eigenvalue weighted by Gasteiger charge is -2.27. The highest BCUT2D eigenvalue weighted by Gasteiger charge is 2.36. The molecule has 1 aliphatic carbocycles. The highest BCUT2D eigenvalue weighted by Crippen LogP contribution is 2.32. The van der Waals surface area contributed by atoms with Crippen molar-refractivity contribution in [1.29, 1.82) is 0 Å². The zero-order valence-electron chi connectivity index (χ0n) is 19.3. The molecule has 35 heavy (non-hydrogen) atoms. The number of hydrogen-bond acceptors (Lipinski definition) is 6. The van der Waals surface area contributed by atoms with E-state index in [2.05, 4.69) is 14.7 Å². The molecule has 4 rings (SSSR count). The van der Waals surface area contributed by atoms with Gasteiger partial charge in [-0.1, -0.05) is 30.4 Å². The Morgan fingerprint density at radius 3 is 2.80 bits per heavy atom. The van der Waals surface area contributed by atoms with Gasteiger partial charge in [0.25, 0.3) is 0 Å². The smallest absolute Gasteiger partial charge is 0.406 e. The normalized spacial score (nSPS) is 20.4. The molecule has 1 fully saturated rings. The van der Waals surface area contributed by atoms with Gasteiger partial charge < -0.3 is 9.64 Å². The fraction of sp³-hybridized carbons (Fsp3) is 0.417. The molecule has 0 radical (unpaired) electrons. The number of pyridine rings is 1. The van der Waals surface area contributed by atoms with Gasteiger partial charge in [0.05, 0.1) is 10.6 Å². The van der Waals surface area contributed by atoms with E-state index < -0.39 is 6.36 Å². The summed E-state index contributed by atoms with van der Waals surface area (Å²) in [6, 6.07) is 3.52. The van der Waals surface area contributed by atoms with Gasteiger partial charge in [-0.15, -0.1) is 13.2 Å². The lowest BCUT2D eigenvalue weighted by molar-refractivity contribution is -0.303. The SMILES string of the molecule is Cc1nc(N2CCN(CC3C=CC(OC(F)(F)F)=CC3C)C2=O)sc1C(=O)CCc1cccnc1. The Kier molecular flexibility index (Phi) is 7.25. The highest BCUT2D eigenvalue weighted by molar-refractivity contribution is 7.17. The molecular formula is C24H25F3N4O3S. The van der Waals surface area contributed by atoms with Crippen LogP contribution in [0.4, 0.5) is 23.1 Å². The first kappa shape index (κ1) is 24.9. The molecule has 2 unspecified atom stereocenters. The van der Waals surface area contributed by atoms with E-state index in [4.69, 9.17) is 0 Å². The summed E-state index contributed by atoms with van der Waals surface area (Å²) >= 11 is 1.21. The van der Waals surface area contributed by atoms with E-state index in [-0.39, 0.29) is 29.4 Å². The molecule has 0 N–H and O–H groups in total. The summed E-state index contributed by atoms with van der Waals surface area (Å²) in [6.45, 7) is 4.81. The summed E-state index contributed by atoms with van der Waals surface area (Å²) in [6.07, 6.45) is 3.95. The predicted molar refractivity (Wildman–Crippen MR) is 125 cm³/mol. The first-order valence-electron chi connectivity index (χ1n) is 11.2. The first-order chi connectivity index (χ1) is 16.6. The number of Topliss-reactive ketones (excluding diaryl/α,β-unsaturated/α-hetero) is 1. The molecule has 0 saturated carbocycles. The summed E-state index contributed by atoms with van der Waals surface area (Å²) in [4.78, 5) is 38.1. The standard InChI is InChI=1S/C24H25F3N4O3S/c1-15-12-19(34-24(25,26)27)7-6-18(15)14-30-10-11-31(23(30)33)22-29-16(2)21(35-22)20(32)8-5-17-4-3-9-28-13-17/h3-4,6-7,9,12-13,15,18H,5,8,10-11,14H2,1-2H3. The van der Waals surface area contributed by atoms with Gasteiger partial charge in [0, 0.05) is 44.4 Å². The monoisotopic (exact) mass is 506 g/mol. The van der Waals surface area contributed by atoms with Crippen molar-refractivity contribution in [2.75, 3.05) is 24.5 Å².